The summed E-state index contributed by atoms with van der Waals surface area (Å²) in [5.41, 5.74) is 5.66. The summed E-state index contributed by atoms with van der Waals surface area (Å²) >= 11 is 0. The van der Waals surface area contributed by atoms with Crippen molar-refractivity contribution in [2.24, 2.45) is 0 Å². The first-order valence-corrected chi connectivity index (χ1v) is 12.1. The number of fused-ring (bicyclic) bond motifs is 1. The largest absolute Gasteiger partial charge is 0.351 e. The van der Waals surface area contributed by atoms with Gasteiger partial charge in [-0.3, -0.25) is 9.78 Å². The molecule has 1 fully saturated rings. The van der Waals surface area contributed by atoms with Crippen molar-refractivity contribution in [1.82, 2.24) is 29.7 Å². The molecule has 7 nitrogen and oxygen atoms in total. The summed E-state index contributed by atoms with van der Waals surface area (Å²) in [6, 6.07) is 14.2. The van der Waals surface area contributed by atoms with Crippen LogP contribution >= 0.6 is 0 Å². The van der Waals surface area contributed by atoms with Gasteiger partial charge in [-0.25, -0.2) is 9.97 Å². The maximum atomic E-state index is 13.0. The van der Waals surface area contributed by atoms with Crippen LogP contribution in [0.2, 0.25) is 0 Å². The van der Waals surface area contributed by atoms with Crippen LogP contribution in [0.1, 0.15) is 48.2 Å². The van der Waals surface area contributed by atoms with Crippen molar-refractivity contribution in [1.29, 1.82) is 0 Å². The van der Waals surface area contributed by atoms with Gasteiger partial charge >= 0.3 is 0 Å². The number of piperazine rings is 1. The van der Waals surface area contributed by atoms with Crippen LogP contribution in [0.25, 0.3) is 22.3 Å². The summed E-state index contributed by atoms with van der Waals surface area (Å²) in [4.78, 5) is 34.3. The summed E-state index contributed by atoms with van der Waals surface area (Å²) in [5.74, 6) is 0.811. The Balaban J connectivity index is 1.35. The quantitative estimate of drug-likeness (QED) is 0.483. The van der Waals surface area contributed by atoms with Crippen molar-refractivity contribution in [2.45, 2.75) is 32.6 Å². The number of likely N-dealkylation sites (N-methyl/N-ethyl adjacent to an activating group) is 1. The van der Waals surface area contributed by atoms with Crippen LogP contribution in [-0.4, -0.2) is 68.9 Å². The first kappa shape index (κ1) is 23.2. The number of pyridine rings is 1. The summed E-state index contributed by atoms with van der Waals surface area (Å²) in [5, 5.41) is 1.02. The number of nitrogens with one attached hydrogen (secondary N) is 1. The van der Waals surface area contributed by atoms with Gasteiger partial charge in [0.2, 0.25) is 0 Å². The molecular weight excluding hydrogens is 436 g/mol. The minimum absolute atomic E-state index is 0.0457. The molecule has 4 aromatic rings. The number of hydrogen-bond acceptors (Lipinski definition) is 5. The number of H-pyrrole nitrogens is 1. The average molecular weight is 469 g/mol. The van der Waals surface area contributed by atoms with Gasteiger partial charge in [-0.2, -0.15) is 0 Å². The second-order valence-electron chi connectivity index (χ2n) is 10.4. The summed E-state index contributed by atoms with van der Waals surface area (Å²) in [7, 11) is 2.09. The first-order chi connectivity index (χ1) is 16.8. The van der Waals surface area contributed by atoms with Crippen molar-refractivity contribution >= 4 is 16.8 Å². The van der Waals surface area contributed by atoms with E-state index in [1.165, 1.54) is 5.56 Å². The average Bonchev–Trinajstić information content (AvgIpc) is 3.27. The lowest BCUT2D eigenvalue weighted by atomic mass is 9.87. The molecule has 3 aromatic heterocycles. The second kappa shape index (κ2) is 9.23. The molecule has 7 heteroatoms. The number of hydrogen-bond donors (Lipinski definition) is 1. The van der Waals surface area contributed by atoms with Gasteiger partial charge < -0.3 is 14.8 Å². The highest BCUT2D eigenvalue weighted by Crippen LogP contribution is 2.25. The van der Waals surface area contributed by atoms with Crippen LogP contribution in [0.15, 0.2) is 54.9 Å². The van der Waals surface area contributed by atoms with Gasteiger partial charge in [0.25, 0.3) is 5.91 Å². The van der Waals surface area contributed by atoms with E-state index >= 15 is 0 Å². The monoisotopic (exact) mass is 468 g/mol. The number of aromatic amines is 1. The molecule has 0 radical (unpaired) electrons. The van der Waals surface area contributed by atoms with Crippen LogP contribution in [0.4, 0.5) is 0 Å². The lowest BCUT2D eigenvalue weighted by Gasteiger charge is -2.32. The predicted molar refractivity (Wildman–Crippen MR) is 138 cm³/mol. The fourth-order valence-electron chi connectivity index (χ4n) is 4.43. The minimum Gasteiger partial charge on any atom is -0.351 e. The summed E-state index contributed by atoms with van der Waals surface area (Å²) in [6.45, 7) is 9.92. The molecule has 0 unspecified atom stereocenters. The van der Waals surface area contributed by atoms with E-state index in [-0.39, 0.29) is 11.3 Å². The Kier molecular flexibility index (Phi) is 6.11. The second-order valence-corrected chi connectivity index (χ2v) is 10.4. The highest BCUT2D eigenvalue weighted by atomic mass is 16.2. The van der Waals surface area contributed by atoms with E-state index in [4.69, 9.17) is 4.98 Å². The van der Waals surface area contributed by atoms with E-state index in [9.17, 15) is 4.79 Å². The fraction of sp³-hybridized carbons (Fsp3) is 0.357. The lowest BCUT2D eigenvalue weighted by Crippen LogP contribution is -2.47. The maximum absolute atomic E-state index is 13.0. The third kappa shape index (κ3) is 5.10. The molecule has 0 aliphatic carbocycles. The van der Waals surface area contributed by atoms with Crippen molar-refractivity contribution in [3.05, 3.63) is 77.5 Å². The summed E-state index contributed by atoms with van der Waals surface area (Å²) < 4.78 is 0. The van der Waals surface area contributed by atoms with Gasteiger partial charge in [-0.05, 0) is 60.0 Å². The third-order valence-electron chi connectivity index (χ3n) is 6.66. The molecular formula is C28H32N6O. The molecule has 0 saturated carbocycles. The van der Waals surface area contributed by atoms with Crippen molar-refractivity contribution < 1.29 is 4.79 Å². The highest BCUT2D eigenvalue weighted by molar-refractivity contribution is 5.98. The molecule has 0 spiro atoms. The van der Waals surface area contributed by atoms with Crippen molar-refractivity contribution in [3.8, 4) is 11.4 Å². The molecule has 1 saturated heterocycles. The lowest BCUT2D eigenvalue weighted by molar-refractivity contribution is 0.0659. The number of carbonyl (C=O) groups excluding carboxylic acids is 1. The van der Waals surface area contributed by atoms with Gasteiger partial charge in [-0.15, -0.1) is 0 Å². The van der Waals surface area contributed by atoms with Crippen molar-refractivity contribution in [3.63, 3.8) is 0 Å². The maximum Gasteiger partial charge on any atom is 0.270 e. The number of carbonyl (C=O) groups is 1. The molecule has 1 amide bonds. The smallest absolute Gasteiger partial charge is 0.270 e. The topological polar surface area (TPSA) is 78.0 Å². The van der Waals surface area contributed by atoms with Gasteiger partial charge in [0, 0.05) is 55.9 Å². The van der Waals surface area contributed by atoms with E-state index < -0.39 is 0 Å². The standard InChI is InChI=1S/C28H32N6O/c1-28(2,3)21-7-9-29-24(18-21)23-8-10-30-26(32-23)16-19-5-6-22-20(15-19)17-25(31-22)27(35)34-13-11-33(4)12-14-34/h5-10,15,17-18,31H,11-14,16H2,1-4H3. The predicted octanol–water partition coefficient (Wildman–Crippen LogP) is 4.30. The van der Waals surface area contributed by atoms with Crippen molar-refractivity contribution in [2.75, 3.05) is 33.2 Å². The Hall–Kier alpha value is -3.58. The zero-order chi connectivity index (χ0) is 24.6. The van der Waals surface area contributed by atoms with E-state index in [1.807, 2.05) is 29.3 Å². The molecule has 35 heavy (non-hydrogen) atoms. The summed E-state index contributed by atoms with van der Waals surface area (Å²) in [6.07, 6.45) is 4.25. The van der Waals surface area contributed by atoms with E-state index in [1.54, 1.807) is 6.20 Å². The van der Waals surface area contributed by atoms with Gasteiger partial charge in [-0.1, -0.05) is 26.8 Å². The zero-order valence-corrected chi connectivity index (χ0v) is 20.9. The Morgan fingerprint density at radius 3 is 2.49 bits per heavy atom. The molecule has 4 heterocycles. The number of amides is 1. The van der Waals surface area contributed by atoms with Crippen LogP contribution in [0.3, 0.4) is 0 Å². The number of aromatic nitrogens is 4. The Morgan fingerprint density at radius 2 is 1.71 bits per heavy atom. The van der Waals surface area contributed by atoms with E-state index in [0.717, 1.165) is 59.9 Å². The molecule has 0 atom stereocenters. The van der Waals surface area contributed by atoms with Gasteiger partial charge in [0.15, 0.2) is 0 Å². The Labute approximate surface area is 206 Å². The first-order valence-electron chi connectivity index (χ1n) is 12.1. The molecule has 1 aliphatic rings. The third-order valence-corrected chi connectivity index (χ3v) is 6.66. The Bertz CT molecular complexity index is 1360. The molecule has 180 valence electrons. The number of benzene rings is 1. The molecule has 1 aromatic carbocycles. The van der Waals surface area contributed by atoms with Gasteiger partial charge in [0.05, 0.1) is 11.4 Å². The molecule has 0 bridgehead atoms. The number of nitrogens with zero attached hydrogens (tertiary/aromatic N) is 5. The van der Waals surface area contributed by atoms with Gasteiger partial charge in [0.1, 0.15) is 11.5 Å². The van der Waals surface area contributed by atoms with Crippen LogP contribution in [0.5, 0.6) is 0 Å². The fourth-order valence-corrected chi connectivity index (χ4v) is 4.43. The molecule has 5 rings (SSSR count). The van der Waals surface area contributed by atoms with Crippen LogP contribution in [-0.2, 0) is 11.8 Å². The number of rotatable bonds is 4. The van der Waals surface area contributed by atoms with Crippen LogP contribution in [0, 0.1) is 0 Å². The normalized spacial score (nSPS) is 15.0. The van der Waals surface area contributed by atoms with E-state index in [0.29, 0.717) is 12.1 Å². The Morgan fingerprint density at radius 1 is 0.943 bits per heavy atom. The zero-order valence-electron chi connectivity index (χ0n) is 20.9. The SMILES string of the molecule is CN1CCN(C(=O)c2cc3cc(Cc4nccc(-c5cc(C(C)(C)C)ccn5)n4)ccc3[nH]2)CC1. The minimum atomic E-state index is 0.0457. The van der Waals surface area contributed by atoms with Crippen LogP contribution < -0.4 is 0 Å². The molecule has 1 N–H and O–H groups in total. The van der Waals surface area contributed by atoms with E-state index in [2.05, 4.69) is 71.9 Å². The molecule has 1 aliphatic heterocycles. The highest BCUT2D eigenvalue weighted by Gasteiger charge is 2.22.